The fourth-order valence-corrected chi connectivity index (χ4v) is 6.14. The lowest BCUT2D eigenvalue weighted by atomic mass is 9.65. The van der Waals surface area contributed by atoms with E-state index in [0.29, 0.717) is 43.2 Å². The maximum atomic E-state index is 12.9. The van der Waals surface area contributed by atoms with Crippen molar-refractivity contribution in [1.29, 1.82) is 0 Å². The molecule has 0 spiro atoms. The molecular weight excluding hydrogens is 376 g/mol. The molecule has 4 rings (SSSR count). The van der Waals surface area contributed by atoms with E-state index < -0.39 is 0 Å². The predicted molar refractivity (Wildman–Crippen MR) is 117 cm³/mol. The summed E-state index contributed by atoms with van der Waals surface area (Å²) in [4.78, 5) is 29.6. The van der Waals surface area contributed by atoms with Gasteiger partial charge >= 0.3 is 6.09 Å². The Morgan fingerprint density at radius 3 is 2.77 bits per heavy atom. The van der Waals surface area contributed by atoms with Crippen molar-refractivity contribution in [3.63, 3.8) is 0 Å². The zero-order valence-electron chi connectivity index (χ0n) is 18.5. The number of fused-ring (bicyclic) bond motifs is 1. The number of hydrogen-bond donors (Lipinski definition) is 0. The second-order valence-corrected chi connectivity index (χ2v) is 9.81. The van der Waals surface area contributed by atoms with E-state index in [4.69, 9.17) is 4.74 Å². The number of carbonyl (C=O) groups excluding carboxylic acids is 2. The zero-order valence-corrected chi connectivity index (χ0v) is 18.5. The molecule has 0 N–H and O–H groups in total. The minimum atomic E-state index is -0.266. The van der Waals surface area contributed by atoms with Crippen molar-refractivity contribution in [1.82, 2.24) is 9.80 Å². The minimum Gasteiger partial charge on any atom is -0.445 e. The van der Waals surface area contributed by atoms with Crippen LogP contribution in [0.25, 0.3) is 0 Å². The van der Waals surface area contributed by atoms with Gasteiger partial charge in [-0.15, -0.1) is 0 Å². The summed E-state index contributed by atoms with van der Waals surface area (Å²) >= 11 is 0. The Kier molecular flexibility index (Phi) is 6.77. The Balaban J connectivity index is 1.43. The van der Waals surface area contributed by atoms with Crippen molar-refractivity contribution in [2.24, 2.45) is 17.8 Å². The first kappa shape index (κ1) is 21.4. The number of ether oxygens (including phenoxy) is 1. The average Bonchev–Trinajstić information content (AvgIpc) is 2.74. The average molecular weight is 413 g/mol. The molecule has 5 atom stereocenters. The van der Waals surface area contributed by atoms with Crippen LogP contribution in [0.2, 0.25) is 0 Å². The van der Waals surface area contributed by atoms with Gasteiger partial charge in [-0.3, -0.25) is 4.79 Å². The normalized spacial score (nSPS) is 32.5. The number of rotatable bonds is 4. The standard InChI is InChI=1S/C25H36N2O3/c1-18-13-20(23-9-6-11-26(2)24(23)14-18)15-21-16-22(28)10-12-27(21)25(29)30-17-19-7-4-3-5-8-19/h3-5,7-8,18,20-21,23-24H,6,9-17H2,1-2H3/t18-,20+,21-,23-,24-/m1/s1. The lowest BCUT2D eigenvalue weighted by molar-refractivity contribution is -0.123. The molecule has 5 nitrogen and oxygen atoms in total. The third-order valence-corrected chi connectivity index (χ3v) is 7.61. The third kappa shape index (κ3) is 4.88. The molecule has 3 aliphatic rings. The number of benzene rings is 1. The van der Waals surface area contributed by atoms with Crippen LogP contribution >= 0.6 is 0 Å². The van der Waals surface area contributed by atoms with Gasteiger partial charge < -0.3 is 14.5 Å². The molecule has 2 heterocycles. The molecule has 0 unspecified atom stereocenters. The van der Waals surface area contributed by atoms with Gasteiger partial charge in [0.2, 0.25) is 0 Å². The first-order chi connectivity index (χ1) is 14.5. The fourth-order valence-electron chi connectivity index (χ4n) is 6.14. The van der Waals surface area contributed by atoms with Crippen LogP contribution in [0.4, 0.5) is 4.79 Å². The smallest absolute Gasteiger partial charge is 0.410 e. The molecule has 1 aromatic carbocycles. The van der Waals surface area contributed by atoms with E-state index in [1.165, 1.54) is 32.2 Å². The van der Waals surface area contributed by atoms with Crippen LogP contribution in [0.3, 0.4) is 0 Å². The number of carbonyl (C=O) groups is 2. The van der Waals surface area contributed by atoms with E-state index in [2.05, 4.69) is 18.9 Å². The molecule has 5 heteroatoms. The van der Waals surface area contributed by atoms with Gasteiger partial charge in [0.15, 0.2) is 0 Å². The van der Waals surface area contributed by atoms with Crippen LogP contribution in [-0.2, 0) is 16.1 Å². The Hall–Kier alpha value is -1.88. The molecule has 30 heavy (non-hydrogen) atoms. The highest BCUT2D eigenvalue weighted by Crippen LogP contribution is 2.44. The molecule has 3 fully saturated rings. The lowest BCUT2D eigenvalue weighted by Crippen LogP contribution is -2.52. The molecule has 0 bridgehead atoms. The second-order valence-electron chi connectivity index (χ2n) is 9.81. The van der Waals surface area contributed by atoms with Gasteiger partial charge in [-0.2, -0.15) is 0 Å². The van der Waals surface area contributed by atoms with Crippen LogP contribution in [0, 0.1) is 17.8 Å². The predicted octanol–water partition coefficient (Wildman–Crippen LogP) is 4.50. The summed E-state index contributed by atoms with van der Waals surface area (Å²) in [5, 5.41) is 0. The van der Waals surface area contributed by atoms with Gasteiger partial charge in [0, 0.05) is 31.5 Å². The number of likely N-dealkylation sites (tertiary alicyclic amines) is 2. The SMILES string of the molecule is C[C@@H]1C[C@@H](C[C@@H]2CC(=O)CCN2C(=O)OCc2ccccc2)[C@H]2CCCN(C)[C@@H]2C1. The maximum absolute atomic E-state index is 12.9. The summed E-state index contributed by atoms with van der Waals surface area (Å²) in [6, 6.07) is 10.4. The minimum absolute atomic E-state index is 0.0160. The van der Waals surface area contributed by atoms with E-state index >= 15 is 0 Å². The zero-order chi connectivity index (χ0) is 21.1. The third-order valence-electron chi connectivity index (χ3n) is 7.61. The van der Waals surface area contributed by atoms with Gasteiger partial charge in [0.1, 0.15) is 12.4 Å². The molecule has 2 aliphatic heterocycles. The van der Waals surface area contributed by atoms with E-state index in [0.717, 1.165) is 12.0 Å². The summed E-state index contributed by atoms with van der Waals surface area (Å²) in [6.45, 7) is 4.34. The molecule has 1 amide bonds. The molecule has 164 valence electrons. The van der Waals surface area contributed by atoms with Crippen molar-refractivity contribution in [2.75, 3.05) is 20.1 Å². The van der Waals surface area contributed by atoms with Crippen LogP contribution in [0.15, 0.2) is 30.3 Å². The van der Waals surface area contributed by atoms with Crippen molar-refractivity contribution in [3.8, 4) is 0 Å². The highest BCUT2D eigenvalue weighted by atomic mass is 16.6. The number of nitrogens with zero attached hydrogens (tertiary/aromatic N) is 2. The highest BCUT2D eigenvalue weighted by molar-refractivity contribution is 5.82. The number of Topliss-reactive ketones (excluding diaryl/α,β-unsaturated/α-hetero) is 1. The maximum Gasteiger partial charge on any atom is 0.410 e. The van der Waals surface area contributed by atoms with Gasteiger partial charge in [-0.1, -0.05) is 37.3 Å². The summed E-state index contributed by atoms with van der Waals surface area (Å²) in [5.74, 6) is 2.27. The Morgan fingerprint density at radius 1 is 1.17 bits per heavy atom. The van der Waals surface area contributed by atoms with Crippen molar-refractivity contribution < 1.29 is 14.3 Å². The van der Waals surface area contributed by atoms with Crippen LogP contribution < -0.4 is 0 Å². The van der Waals surface area contributed by atoms with Crippen molar-refractivity contribution in [2.45, 2.75) is 70.6 Å². The summed E-state index contributed by atoms with van der Waals surface area (Å²) < 4.78 is 5.63. The largest absolute Gasteiger partial charge is 0.445 e. The van der Waals surface area contributed by atoms with Crippen LogP contribution in [0.1, 0.15) is 57.4 Å². The Labute approximate surface area is 180 Å². The monoisotopic (exact) mass is 412 g/mol. The topological polar surface area (TPSA) is 49.9 Å². The van der Waals surface area contributed by atoms with Gasteiger partial charge in [0.25, 0.3) is 0 Å². The quantitative estimate of drug-likeness (QED) is 0.730. The number of amides is 1. The first-order valence-corrected chi connectivity index (χ1v) is 11.7. The molecule has 1 aromatic rings. The van der Waals surface area contributed by atoms with Crippen LogP contribution in [0.5, 0.6) is 0 Å². The molecule has 1 saturated carbocycles. The van der Waals surface area contributed by atoms with E-state index in [9.17, 15) is 9.59 Å². The molecule has 1 aliphatic carbocycles. The molecular formula is C25H36N2O3. The fraction of sp³-hybridized carbons (Fsp3) is 0.680. The van der Waals surface area contributed by atoms with E-state index in [1.807, 2.05) is 35.2 Å². The second kappa shape index (κ2) is 9.51. The van der Waals surface area contributed by atoms with Gasteiger partial charge in [0.05, 0.1) is 0 Å². The number of piperidine rings is 2. The highest BCUT2D eigenvalue weighted by Gasteiger charge is 2.42. The molecule has 0 radical (unpaired) electrons. The van der Waals surface area contributed by atoms with E-state index in [-0.39, 0.29) is 24.5 Å². The van der Waals surface area contributed by atoms with Gasteiger partial charge in [-0.25, -0.2) is 4.79 Å². The van der Waals surface area contributed by atoms with Gasteiger partial charge in [-0.05, 0) is 69.0 Å². The number of ketones is 1. The summed E-state index contributed by atoms with van der Waals surface area (Å²) in [5.41, 5.74) is 0.990. The summed E-state index contributed by atoms with van der Waals surface area (Å²) in [6.07, 6.45) is 6.64. The van der Waals surface area contributed by atoms with Crippen LogP contribution in [-0.4, -0.2) is 53.9 Å². The lowest BCUT2D eigenvalue weighted by Gasteiger charge is -2.50. The van der Waals surface area contributed by atoms with Crippen molar-refractivity contribution in [3.05, 3.63) is 35.9 Å². The summed E-state index contributed by atoms with van der Waals surface area (Å²) in [7, 11) is 2.27. The molecule has 0 aromatic heterocycles. The number of hydrogen-bond acceptors (Lipinski definition) is 4. The first-order valence-electron chi connectivity index (χ1n) is 11.7. The Morgan fingerprint density at radius 2 is 1.97 bits per heavy atom. The van der Waals surface area contributed by atoms with Crippen molar-refractivity contribution >= 4 is 11.9 Å². The molecule has 2 saturated heterocycles. The van der Waals surface area contributed by atoms with E-state index in [1.54, 1.807) is 0 Å². The Bertz CT molecular complexity index is 737.